The predicted molar refractivity (Wildman–Crippen MR) is 192 cm³/mol. The van der Waals surface area contributed by atoms with Crippen molar-refractivity contribution in [2.24, 2.45) is 5.92 Å². The molecule has 1 unspecified atom stereocenters. The van der Waals surface area contributed by atoms with Crippen molar-refractivity contribution in [2.45, 2.75) is 51.6 Å². The van der Waals surface area contributed by atoms with Crippen LogP contribution in [0.4, 0.5) is 5.69 Å². The highest BCUT2D eigenvalue weighted by atomic mass is 35.5. The fourth-order valence-electron chi connectivity index (χ4n) is 5.05. The number of halogens is 2. The van der Waals surface area contributed by atoms with Gasteiger partial charge in [0, 0.05) is 19.5 Å². The van der Waals surface area contributed by atoms with E-state index in [1.807, 2.05) is 58.0 Å². The Balaban J connectivity index is 1.81. The van der Waals surface area contributed by atoms with Gasteiger partial charge < -0.3 is 15.0 Å². The van der Waals surface area contributed by atoms with Crippen molar-refractivity contribution in [1.82, 2.24) is 10.2 Å². The second kappa shape index (κ2) is 16.9. The molecule has 0 bridgehead atoms. The van der Waals surface area contributed by atoms with Gasteiger partial charge in [0.25, 0.3) is 10.0 Å². The number of nitrogens with one attached hydrogen (secondary N) is 1. The van der Waals surface area contributed by atoms with Crippen LogP contribution in [0.2, 0.25) is 10.0 Å². The number of anilines is 1. The quantitative estimate of drug-likeness (QED) is 0.140. The van der Waals surface area contributed by atoms with Crippen LogP contribution in [0.3, 0.4) is 0 Å². The van der Waals surface area contributed by atoms with Crippen LogP contribution < -0.4 is 14.4 Å². The minimum absolute atomic E-state index is 0.0238. The molecule has 0 aliphatic rings. The molecule has 4 rings (SSSR count). The Hall–Kier alpha value is -4.05. The third-order valence-corrected chi connectivity index (χ3v) is 10.1. The number of carbonyl (C=O) groups is 2. The topological polar surface area (TPSA) is 96.0 Å². The van der Waals surface area contributed by atoms with E-state index in [-0.39, 0.29) is 35.4 Å². The molecule has 0 aromatic heterocycles. The van der Waals surface area contributed by atoms with E-state index in [4.69, 9.17) is 27.9 Å². The lowest BCUT2D eigenvalue weighted by atomic mass is 10.0. The molecule has 0 saturated heterocycles. The molecule has 1 atom stereocenters. The summed E-state index contributed by atoms with van der Waals surface area (Å²) in [6.45, 7) is 7.92. The van der Waals surface area contributed by atoms with Gasteiger partial charge in [0.15, 0.2) is 0 Å². The van der Waals surface area contributed by atoms with Gasteiger partial charge in [0.05, 0.1) is 27.2 Å². The standard InChI is InChI=1S/C37H41Cl2N3O5S/c1-5-47-31-16-14-30(15-17-31)42(48(45,46)32-18-11-27(4)12-19-32)25-36(43)41(24-29-13-20-33(38)34(39)21-29)35(37(44)40-23-26(2)3)22-28-9-7-6-8-10-28/h6-21,26,35H,5,22-25H2,1-4H3,(H,40,44). The number of ether oxygens (including phenoxy) is 1. The summed E-state index contributed by atoms with van der Waals surface area (Å²) in [5.74, 6) is -0.201. The van der Waals surface area contributed by atoms with E-state index in [1.54, 1.807) is 54.6 Å². The van der Waals surface area contributed by atoms with Gasteiger partial charge in [-0.1, -0.05) is 91.1 Å². The lowest BCUT2D eigenvalue weighted by molar-refractivity contribution is -0.140. The molecule has 0 fully saturated rings. The van der Waals surface area contributed by atoms with Crippen molar-refractivity contribution in [3.63, 3.8) is 0 Å². The zero-order valence-electron chi connectivity index (χ0n) is 27.5. The first-order valence-corrected chi connectivity index (χ1v) is 18.0. The first-order valence-electron chi connectivity index (χ1n) is 15.8. The Morgan fingerprint density at radius 2 is 1.52 bits per heavy atom. The van der Waals surface area contributed by atoms with Crippen LogP contribution in [0, 0.1) is 12.8 Å². The van der Waals surface area contributed by atoms with E-state index in [0.29, 0.717) is 34.5 Å². The highest BCUT2D eigenvalue weighted by Gasteiger charge is 2.34. The van der Waals surface area contributed by atoms with Gasteiger partial charge >= 0.3 is 0 Å². The summed E-state index contributed by atoms with van der Waals surface area (Å²) < 4.78 is 35.1. The van der Waals surface area contributed by atoms with Gasteiger partial charge in [0.1, 0.15) is 18.3 Å². The minimum atomic E-state index is -4.23. The van der Waals surface area contributed by atoms with E-state index in [9.17, 15) is 18.0 Å². The molecule has 11 heteroatoms. The molecule has 4 aromatic rings. The van der Waals surface area contributed by atoms with Crippen LogP contribution >= 0.6 is 23.2 Å². The van der Waals surface area contributed by atoms with Crippen LogP contribution in [0.5, 0.6) is 5.75 Å². The number of rotatable bonds is 15. The number of benzene rings is 4. The summed E-state index contributed by atoms with van der Waals surface area (Å²) >= 11 is 12.6. The summed E-state index contributed by atoms with van der Waals surface area (Å²) in [7, 11) is -4.23. The lowest BCUT2D eigenvalue weighted by Gasteiger charge is -2.34. The van der Waals surface area contributed by atoms with Crippen LogP contribution in [-0.2, 0) is 32.6 Å². The van der Waals surface area contributed by atoms with Crippen molar-refractivity contribution >= 4 is 50.7 Å². The molecule has 0 saturated carbocycles. The van der Waals surface area contributed by atoms with E-state index >= 15 is 0 Å². The summed E-state index contributed by atoms with van der Waals surface area (Å²) in [6.07, 6.45) is 0.200. The number of carbonyl (C=O) groups excluding carboxylic acids is 2. The first kappa shape index (κ1) is 36.8. The molecule has 2 amide bonds. The molecule has 254 valence electrons. The van der Waals surface area contributed by atoms with Crippen LogP contribution in [0.25, 0.3) is 0 Å². The Kier molecular flexibility index (Phi) is 12.9. The maximum atomic E-state index is 14.6. The molecule has 4 aromatic carbocycles. The van der Waals surface area contributed by atoms with Gasteiger partial charge in [-0.2, -0.15) is 0 Å². The van der Waals surface area contributed by atoms with Crippen molar-refractivity contribution in [2.75, 3.05) is 24.0 Å². The third-order valence-electron chi connectivity index (χ3n) is 7.62. The van der Waals surface area contributed by atoms with Crippen LogP contribution in [0.1, 0.15) is 37.5 Å². The predicted octanol–water partition coefficient (Wildman–Crippen LogP) is 7.31. The average Bonchev–Trinajstić information content (AvgIpc) is 3.06. The Morgan fingerprint density at radius 3 is 2.12 bits per heavy atom. The van der Waals surface area contributed by atoms with E-state index in [0.717, 1.165) is 15.4 Å². The SMILES string of the molecule is CCOc1ccc(N(CC(=O)N(Cc2ccc(Cl)c(Cl)c2)C(Cc2ccccc2)C(=O)NCC(C)C)S(=O)(=O)c2ccc(C)cc2)cc1. The van der Waals surface area contributed by atoms with Crippen LogP contribution in [-0.4, -0.2) is 50.9 Å². The number of hydrogen-bond acceptors (Lipinski definition) is 5. The van der Waals surface area contributed by atoms with Crippen LogP contribution in [0.15, 0.2) is 102 Å². The first-order chi connectivity index (χ1) is 22.9. The molecular formula is C37H41Cl2N3O5S. The highest BCUT2D eigenvalue weighted by molar-refractivity contribution is 7.92. The molecule has 0 spiro atoms. The zero-order chi connectivity index (χ0) is 34.8. The summed E-state index contributed by atoms with van der Waals surface area (Å²) in [4.78, 5) is 30.0. The molecule has 0 heterocycles. The van der Waals surface area contributed by atoms with E-state index in [2.05, 4.69) is 5.32 Å². The normalized spacial score (nSPS) is 12.0. The molecule has 8 nitrogen and oxygen atoms in total. The monoisotopic (exact) mass is 709 g/mol. The Labute approximate surface area is 293 Å². The van der Waals surface area contributed by atoms with Crippen molar-refractivity contribution in [1.29, 1.82) is 0 Å². The van der Waals surface area contributed by atoms with Gasteiger partial charge in [-0.25, -0.2) is 8.42 Å². The Bertz CT molecular complexity index is 1780. The second-order valence-corrected chi connectivity index (χ2v) is 14.5. The number of sulfonamides is 1. The maximum Gasteiger partial charge on any atom is 0.264 e. The largest absolute Gasteiger partial charge is 0.494 e. The van der Waals surface area contributed by atoms with E-state index in [1.165, 1.54) is 17.0 Å². The molecule has 0 aliphatic carbocycles. The molecular weight excluding hydrogens is 669 g/mol. The van der Waals surface area contributed by atoms with Gasteiger partial charge in [-0.3, -0.25) is 13.9 Å². The number of amides is 2. The zero-order valence-corrected chi connectivity index (χ0v) is 29.9. The fourth-order valence-corrected chi connectivity index (χ4v) is 6.79. The maximum absolute atomic E-state index is 14.6. The fraction of sp³-hybridized carbons (Fsp3) is 0.297. The average molecular weight is 711 g/mol. The Morgan fingerprint density at radius 1 is 0.854 bits per heavy atom. The summed E-state index contributed by atoms with van der Waals surface area (Å²) in [5.41, 5.74) is 2.62. The minimum Gasteiger partial charge on any atom is -0.494 e. The third kappa shape index (κ3) is 9.75. The number of hydrogen-bond donors (Lipinski definition) is 1. The second-order valence-electron chi connectivity index (χ2n) is 11.9. The number of aryl methyl sites for hydroxylation is 1. The van der Waals surface area contributed by atoms with Gasteiger partial charge in [-0.15, -0.1) is 0 Å². The highest BCUT2D eigenvalue weighted by Crippen LogP contribution is 2.28. The summed E-state index contributed by atoms with van der Waals surface area (Å²) in [5, 5.41) is 3.62. The van der Waals surface area contributed by atoms with Gasteiger partial charge in [0.2, 0.25) is 11.8 Å². The lowest BCUT2D eigenvalue weighted by Crippen LogP contribution is -2.53. The molecule has 48 heavy (non-hydrogen) atoms. The molecule has 1 N–H and O–H groups in total. The van der Waals surface area contributed by atoms with E-state index < -0.39 is 28.5 Å². The van der Waals surface area contributed by atoms with Crippen molar-refractivity contribution in [3.05, 3.63) is 124 Å². The van der Waals surface area contributed by atoms with Gasteiger partial charge in [-0.05, 0) is 79.4 Å². The summed E-state index contributed by atoms with van der Waals surface area (Å²) in [6, 6.07) is 26.4. The van der Waals surface area contributed by atoms with Crippen molar-refractivity contribution in [3.8, 4) is 5.75 Å². The smallest absolute Gasteiger partial charge is 0.264 e. The van der Waals surface area contributed by atoms with Crippen molar-refractivity contribution < 1.29 is 22.7 Å². The number of nitrogens with zero attached hydrogens (tertiary/aromatic N) is 2. The molecule has 0 radical (unpaired) electrons. The molecule has 0 aliphatic heterocycles.